The Bertz CT molecular complexity index is 301. The second-order valence-corrected chi connectivity index (χ2v) is 3.16. The summed E-state index contributed by atoms with van der Waals surface area (Å²) in [6.07, 6.45) is 0.139. The van der Waals surface area contributed by atoms with Crippen molar-refractivity contribution in [3.05, 3.63) is 0 Å². The Hall–Kier alpha value is -1.63. The van der Waals surface area contributed by atoms with E-state index in [0.29, 0.717) is 12.5 Å². The van der Waals surface area contributed by atoms with E-state index in [1.807, 2.05) is 6.92 Å². The number of imide groups is 1. The molecule has 1 aliphatic heterocycles. The van der Waals surface area contributed by atoms with Gasteiger partial charge in [0.05, 0.1) is 6.42 Å². The van der Waals surface area contributed by atoms with E-state index in [-0.39, 0.29) is 18.2 Å². The summed E-state index contributed by atoms with van der Waals surface area (Å²) in [6, 6.07) is -0.566. The number of aliphatic imine (C=N–C) groups is 1. The van der Waals surface area contributed by atoms with E-state index in [0.717, 1.165) is 4.90 Å². The molecule has 2 amide bonds. The first-order valence-corrected chi connectivity index (χ1v) is 4.68. The fourth-order valence-electron chi connectivity index (χ4n) is 1.32. The van der Waals surface area contributed by atoms with Crippen molar-refractivity contribution in [2.24, 2.45) is 10.8 Å². The molecule has 15 heavy (non-hydrogen) atoms. The van der Waals surface area contributed by atoms with Crippen molar-refractivity contribution >= 4 is 17.8 Å². The molecule has 1 fully saturated rings. The van der Waals surface area contributed by atoms with Crippen LogP contribution in [-0.4, -0.2) is 42.3 Å². The van der Waals surface area contributed by atoms with Gasteiger partial charge in [-0.25, -0.2) is 5.84 Å². The molecule has 7 nitrogen and oxygen atoms in total. The van der Waals surface area contributed by atoms with Gasteiger partial charge in [0.25, 0.3) is 5.91 Å². The Labute approximate surface area is 87.7 Å². The van der Waals surface area contributed by atoms with Crippen LogP contribution < -0.4 is 16.6 Å². The van der Waals surface area contributed by atoms with E-state index in [4.69, 9.17) is 5.84 Å². The third kappa shape index (κ3) is 2.44. The Morgan fingerprint density at radius 3 is 2.73 bits per heavy atom. The summed E-state index contributed by atoms with van der Waals surface area (Å²) in [4.78, 5) is 27.8. The molecule has 1 atom stereocenters. The molecule has 0 aromatic heterocycles. The molecular weight excluding hydrogens is 198 g/mol. The van der Waals surface area contributed by atoms with Crippen LogP contribution in [0.1, 0.15) is 13.3 Å². The maximum atomic E-state index is 11.5. The lowest BCUT2D eigenvalue weighted by molar-refractivity contribution is -0.137. The molecule has 0 aromatic rings. The SMILES string of the molecule is CCN=C(NN)NC1CC(=O)N(C)C1=O. The highest BCUT2D eigenvalue weighted by atomic mass is 16.2. The van der Waals surface area contributed by atoms with Gasteiger partial charge in [0, 0.05) is 13.6 Å². The van der Waals surface area contributed by atoms with Crippen LogP contribution in [0.2, 0.25) is 0 Å². The van der Waals surface area contributed by atoms with Crippen molar-refractivity contribution in [3.8, 4) is 0 Å². The summed E-state index contributed by atoms with van der Waals surface area (Å²) in [5, 5.41) is 2.78. The zero-order valence-corrected chi connectivity index (χ0v) is 8.78. The maximum Gasteiger partial charge on any atom is 0.252 e. The number of nitrogens with zero attached hydrogens (tertiary/aromatic N) is 2. The van der Waals surface area contributed by atoms with Crippen molar-refractivity contribution in [2.45, 2.75) is 19.4 Å². The number of hydrogen-bond donors (Lipinski definition) is 3. The molecule has 0 spiro atoms. The second kappa shape index (κ2) is 4.74. The molecule has 1 heterocycles. The third-order valence-corrected chi connectivity index (χ3v) is 2.15. The minimum atomic E-state index is -0.566. The quantitative estimate of drug-likeness (QED) is 0.165. The van der Waals surface area contributed by atoms with E-state index < -0.39 is 6.04 Å². The number of hydrogen-bond acceptors (Lipinski definition) is 4. The van der Waals surface area contributed by atoms with E-state index >= 15 is 0 Å². The van der Waals surface area contributed by atoms with Gasteiger partial charge in [-0.15, -0.1) is 0 Å². The van der Waals surface area contributed by atoms with Gasteiger partial charge in [0.15, 0.2) is 0 Å². The Morgan fingerprint density at radius 1 is 1.67 bits per heavy atom. The third-order valence-electron chi connectivity index (χ3n) is 2.15. The zero-order chi connectivity index (χ0) is 11.4. The lowest BCUT2D eigenvalue weighted by Crippen LogP contribution is -2.49. The van der Waals surface area contributed by atoms with E-state index in [2.05, 4.69) is 15.7 Å². The highest BCUT2D eigenvalue weighted by Gasteiger charge is 2.36. The molecule has 84 valence electrons. The molecule has 0 aliphatic carbocycles. The summed E-state index contributed by atoms with van der Waals surface area (Å²) in [5.74, 6) is 5.05. The molecule has 1 aliphatic rings. The predicted molar refractivity (Wildman–Crippen MR) is 54.6 cm³/mol. The van der Waals surface area contributed by atoms with E-state index in [1.165, 1.54) is 7.05 Å². The van der Waals surface area contributed by atoms with Gasteiger partial charge >= 0.3 is 0 Å². The monoisotopic (exact) mass is 213 g/mol. The summed E-state index contributed by atoms with van der Waals surface area (Å²) in [6.45, 7) is 2.38. The summed E-state index contributed by atoms with van der Waals surface area (Å²) in [5.41, 5.74) is 2.34. The number of nitrogens with one attached hydrogen (secondary N) is 2. The molecule has 1 saturated heterocycles. The van der Waals surface area contributed by atoms with Crippen LogP contribution in [0, 0.1) is 0 Å². The normalized spacial score (nSPS) is 22.2. The van der Waals surface area contributed by atoms with Gasteiger partial charge in [-0.05, 0) is 6.92 Å². The molecule has 4 N–H and O–H groups in total. The summed E-state index contributed by atoms with van der Waals surface area (Å²) < 4.78 is 0. The minimum absolute atomic E-state index is 0.139. The maximum absolute atomic E-state index is 11.5. The van der Waals surface area contributed by atoms with Gasteiger partial charge in [0.2, 0.25) is 11.9 Å². The van der Waals surface area contributed by atoms with Crippen LogP contribution in [0.5, 0.6) is 0 Å². The molecule has 1 unspecified atom stereocenters. The average molecular weight is 213 g/mol. The van der Waals surface area contributed by atoms with Crippen LogP contribution >= 0.6 is 0 Å². The molecule has 0 aromatic carbocycles. The fraction of sp³-hybridized carbons (Fsp3) is 0.625. The lowest BCUT2D eigenvalue weighted by atomic mass is 10.2. The predicted octanol–water partition coefficient (Wildman–Crippen LogP) is -1.83. The van der Waals surface area contributed by atoms with E-state index in [1.54, 1.807) is 0 Å². The van der Waals surface area contributed by atoms with Gasteiger partial charge in [-0.3, -0.25) is 24.9 Å². The standard InChI is InChI=1S/C8H15N5O2/c1-3-10-8(12-9)11-5-4-6(14)13(2)7(5)15/h5H,3-4,9H2,1-2H3,(H2,10,11,12). The van der Waals surface area contributed by atoms with Crippen LogP contribution in [0.4, 0.5) is 0 Å². The molecule has 0 bridgehead atoms. The number of likely N-dealkylation sites (tertiary alicyclic amines) is 1. The van der Waals surface area contributed by atoms with Crippen LogP contribution in [0.3, 0.4) is 0 Å². The number of guanidine groups is 1. The largest absolute Gasteiger partial charge is 0.343 e. The van der Waals surface area contributed by atoms with E-state index in [9.17, 15) is 9.59 Å². The fourth-order valence-corrected chi connectivity index (χ4v) is 1.32. The number of rotatable bonds is 2. The van der Waals surface area contributed by atoms with Crippen molar-refractivity contribution in [1.29, 1.82) is 0 Å². The van der Waals surface area contributed by atoms with Crippen LogP contribution in [0.25, 0.3) is 0 Å². The van der Waals surface area contributed by atoms with Gasteiger partial charge in [0.1, 0.15) is 6.04 Å². The van der Waals surface area contributed by atoms with Crippen molar-refractivity contribution < 1.29 is 9.59 Å². The molecule has 0 radical (unpaired) electrons. The number of likely N-dealkylation sites (N-methyl/N-ethyl adjacent to an activating group) is 1. The topological polar surface area (TPSA) is 99.8 Å². The first-order valence-electron chi connectivity index (χ1n) is 4.68. The summed E-state index contributed by atoms with van der Waals surface area (Å²) in [7, 11) is 1.46. The highest BCUT2D eigenvalue weighted by molar-refractivity contribution is 6.06. The van der Waals surface area contributed by atoms with Gasteiger partial charge < -0.3 is 5.32 Å². The van der Waals surface area contributed by atoms with Crippen molar-refractivity contribution in [3.63, 3.8) is 0 Å². The Kier molecular flexibility index (Phi) is 3.62. The highest BCUT2D eigenvalue weighted by Crippen LogP contribution is 2.09. The molecule has 1 rings (SSSR count). The molecule has 7 heteroatoms. The number of nitrogens with two attached hydrogens (primary N) is 1. The van der Waals surface area contributed by atoms with Crippen LogP contribution in [-0.2, 0) is 9.59 Å². The number of carbonyl (C=O) groups excluding carboxylic acids is 2. The zero-order valence-electron chi connectivity index (χ0n) is 8.78. The van der Waals surface area contributed by atoms with Crippen LogP contribution in [0.15, 0.2) is 4.99 Å². The first kappa shape index (κ1) is 11.4. The first-order chi connectivity index (χ1) is 7.10. The van der Waals surface area contributed by atoms with Crippen molar-refractivity contribution in [2.75, 3.05) is 13.6 Å². The smallest absolute Gasteiger partial charge is 0.252 e. The molecular formula is C8H15N5O2. The number of amides is 2. The number of carbonyl (C=O) groups is 2. The lowest BCUT2D eigenvalue weighted by Gasteiger charge is -2.13. The Morgan fingerprint density at radius 2 is 2.33 bits per heavy atom. The molecule has 0 saturated carbocycles. The Balaban J connectivity index is 2.63. The minimum Gasteiger partial charge on any atom is -0.343 e. The average Bonchev–Trinajstić information content (AvgIpc) is 2.46. The van der Waals surface area contributed by atoms with Gasteiger partial charge in [-0.1, -0.05) is 0 Å². The van der Waals surface area contributed by atoms with Gasteiger partial charge in [-0.2, -0.15) is 0 Å². The number of hydrazine groups is 1. The second-order valence-electron chi connectivity index (χ2n) is 3.16. The summed E-state index contributed by atoms with van der Waals surface area (Å²) >= 11 is 0. The van der Waals surface area contributed by atoms with Crippen molar-refractivity contribution in [1.82, 2.24) is 15.6 Å².